The number of hydrogen-bond acceptors (Lipinski definition) is 4. The molecular weight excluding hydrogens is 299 g/mol. The van der Waals surface area contributed by atoms with Crippen LogP contribution < -0.4 is 5.32 Å². The minimum atomic E-state index is -0.243. The first-order valence-electron chi connectivity index (χ1n) is 7.06. The standard InChI is InChI=1S/C16H17FN4S/c1-11(18-7-14-9-22-10-19-14)16-8-20-21(12(16)2)15-5-3-13(17)4-6-15/h3-6,8-11,18H,7H2,1-2H3. The zero-order valence-electron chi connectivity index (χ0n) is 12.5. The summed E-state index contributed by atoms with van der Waals surface area (Å²) < 4.78 is 14.9. The molecule has 2 aromatic heterocycles. The summed E-state index contributed by atoms with van der Waals surface area (Å²) in [5.74, 6) is -0.243. The van der Waals surface area contributed by atoms with E-state index in [4.69, 9.17) is 0 Å². The van der Waals surface area contributed by atoms with Crippen LogP contribution >= 0.6 is 11.3 Å². The largest absolute Gasteiger partial charge is 0.304 e. The summed E-state index contributed by atoms with van der Waals surface area (Å²) in [5, 5.41) is 9.91. The zero-order valence-corrected chi connectivity index (χ0v) is 13.3. The van der Waals surface area contributed by atoms with Crippen LogP contribution in [0.15, 0.2) is 41.4 Å². The van der Waals surface area contributed by atoms with Gasteiger partial charge in [0.1, 0.15) is 5.82 Å². The number of benzene rings is 1. The van der Waals surface area contributed by atoms with Gasteiger partial charge in [0.2, 0.25) is 0 Å². The van der Waals surface area contributed by atoms with Gasteiger partial charge in [0.15, 0.2) is 0 Å². The second-order valence-electron chi connectivity index (χ2n) is 5.16. The van der Waals surface area contributed by atoms with Gasteiger partial charge in [0.05, 0.1) is 23.1 Å². The molecule has 1 aromatic carbocycles. The number of nitrogens with zero attached hydrogens (tertiary/aromatic N) is 3. The highest BCUT2D eigenvalue weighted by molar-refractivity contribution is 7.07. The van der Waals surface area contributed by atoms with Gasteiger partial charge in [0.25, 0.3) is 0 Å². The van der Waals surface area contributed by atoms with Crippen LogP contribution in [-0.4, -0.2) is 14.8 Å². The van der Waals surface area contributed by atoms with Crippen LogP contribution in [0.3, 0.4) is 0 Å². The zero-order chi connectivity index (χ0) is 15.5. The predicted molar refractivity (Wildman–Crippen MR) is 85.6 cm³/mol. The maximum absolute atomic E-state index is 13.0. The Kier molecular flexibility index (Phi) is 4.31. The number of nitrogens with one attached hydrogen (secondary N) is 1. The first-order valence-corrected chi connectivity index (χ1v) is 8.00. The monoisotopic (exact) mass is 316 g/mol. The molecule has 114 valence electrons. The quantitative estimate of drug-likeness (QED) is 0.781. The van der Waals surface area contributed by atoms with Gasteiger partial charge in [-0.2, -0.15) is 5.10 Å². The third-order valence-electron chi connectivity index (χ3n) is 3.66. The van der Waals surface area contributed by atoms with Gasteiger partial charge in [-0.25, -0.2) is 14.1 Å². The van der Waals surface area contributed by atoms with Crippen LogP contribution in [0, 0.1) is 12.7 Å². The number of halogens is 1. The van der Waals surface area contributed by atoms with E-state index >= 15 is 0 Å². The summed E-state index contributed by atoms with van der Waals surface area (Å²) in [6, 6.07) is 6.51. The summed E-state index contributed by atoms with van der Waals surface area (Å²) in [7, 11) is 0. The van der Waals surface area contributed by atoms with Gasteiger partial charge in [-0.15, -0.1) is 11.3 Å². The first kappa shape index (κ1) is 14.9. The SMILES string of the molecule is Cc1c(C(C)NCc2cscn2)cnn1-c1ccc(F)cc1. The fraction of sp³-hybridized carbons (Fsp3) is 0.250. The van der Waals surface area contributed by atoms with E-state index in [1.807, 2.05) is 28.7 Å². The molecule has 1 atom stereocenters. The molecule has 3 aromatic rings. The minimum Gasteiger partial charge on any atom is -0.304 e. The molecule has 0 spiro atoms. The average Bonchev–Trinajstić information content (AvgIpc) is 3.15. The molecule has 1 unspecified atom stereocenters. The molecule has 0 bridgehead atoms. The number of hydrogen-bond donors (Lipinski definition) is 1. The first-order chi connectivity index (χ1) is 10.6. The van der Waals surface area contributed by atoms with Crippen LogP contribution in [-0.2, 0) is 6.54 Å². The Morgan fingerprint density at radius 1 is 1.32 bits per heavy atom. The Morgan fingerprint density at radius 2 is 2.09 bits per heavy atom. The van der Waals surface area contributed by atoms with Crippen molar-refractivity contribution in [1.82, 2.24) is 20.1 Å². The van der Waals surface area contributed by atoms with Crippen molar-refractivity contribution >= 4 is 11.3 Å². The molecule has 0 aliphatic carbocycles. The molecule has 0 aliphatic rings. The average molecular weight is 316 g/mol. The van der Waals surface area contributed by atoms with Gasteiger partial charge >= 0.3 is 0 Å². The van der Waals surface area contributed by atoms with Crippen molar-refractivity contribution in [3.05, 3.63) is 64.1 Å². The second kappa shape index (κ2) is 6.37. The normalized spacial score (nSPS) is 12.5. The third-order valence-corrected chi connectivity index (χ3v) is 4.29. The molecule has 0 radical (unpaired) electrons. The Labute approximate surface area is 132 Å². The molecule has 2 heterocycles. The Bertz CT molecular complexity index is 734. The Morgan fingerprint density at radius 3 is 2.77 bits per heavy atom. The molecule has 0 saturated heterocycles. The lowest BCUT2D eigenvalue weighted by Crippen LogP contribution is -2.18. The number of aromatic nitrogens is 3. The van der Waals surface area contributed by atoms with Crippen molar-refractivity contribution in [3.8, 4) is 5.69 Å². The molecule has 6 heteroatoms. The van der Waals surface area contributed by atoms with Gasteiger partial charge in [0, 0.05) is 29.2 Å². The lowest BCUT2D eigenvalue weighted by molar-refractivity contribution is 0.566. The van der Waals surface area contributed by atoms with Gasteiger partial charge < -0.3 is 5.32 Å². The van der Waals surface area contributed by atoms with E-state index in [1.165, 1.54) is 12.1 Å². The highest BCUT2D eigenvalue weighted by atomic mass is 32.1. The molecule has 22 heavy (non-hydrogen) atoms. The highest BCUT2D eigenvalue weighted by Gasteiger charge is 2.14. The maximum atomic E-state index is 13.0. The van der Waals surface area contributed by atoms with E-state index in [0.29, 0.717) is 0 Å². The van der Waals surface area contributed by atoms with Crippen molar-refractivity contribution < 1.29 is 4.39 Å². The smallest absolute Gasteiger partial charge is 0.123 e. The van der Waals surface area contributed by atoms with Crippen LogP contribution in [0.2, 0.25) is 0 Å². The lowest BCUT2D eigenvalue weighted by Gasteiger charge is -2.13. The molecule has 0 saturated carbocycles. The van der Waals surface area contributed by atoms with Crippen molar-refractivity contribution in [2.24, 2.45) is 0 Å². The molecule has 4 nitrogen and oxygen atoms in total. The number of rotatable bonds is 5. The Hall–Kier alpha value is -2.05. The molecule has 0 fully saturated rings. The van der Waals surface area contributed by atoms with E-state index in [0.717, 1.165) is 29.2 Å². The molecule has 0 aliphatic heterocycles. The van der Waals surface area contributed by atoms with Gasteiger partial charge in [-0.3, -0.25) is 0 Å². The second-order valence-corrected chi connectivity index (χ2v) is 5.87. The van der Waals surface area contributed by atoms with Gasteiger partial charge in [-0.05, 0) is 38.1 Å². The Balaban J connectivity index is 1.76. The van der Waals surface area contributed by atoms with Crippen molar-refractivity contribution in [2.75, 3.05) is 0 Å². The van der Waals surface area contributed by atoms with E-state index in [1.54, 1.807) is 23.5 Å². The van der Waals surface area contributed by atoms with Crippen molar-refractivity contribution in [1.29, 1.82) is 0 Å². The summed E-state index contributed by atoms with van der Waals surface area (Å²) in [4.78, 5) is 4.27. The van der Waals surface area contributed by atoms with Crippen LogP contribution in [0.4, 0.5) is 4.39 Å². The number of thiazole rings is 1. The van der Waals surface area contributed by atoms with Crippen molar-refractivity contribution in [3.63, 3.8) is 0 Å². The molecular formula is C16H17FN4S. The maximum Gasteiger partial charge on any atom is 0.123 e. The summed E-state index contributed by atoms with van der Waals surface area (Å²) >= 11 is 1.59. The lowest BCUT2D eigenvalue weighted by atomic mass is 10.1. The molecule has 3 rings (SSSR count). The fourth-order valence-electron chi connectivity index (χ4n) is 2.38. The fourth-order valence-corrected chi connectivity index (χ4v) is 2.94. The summed E-state index contributed by atoms with van der Waals surface area (Å²) in [6.45, 7) is 4.85. The summed E-state index contributed by atoms with van der Waals surface area (Å²) in [6.07, 6.45) is 1.86. The minimum absolute atomic E-state index is 0.163. The van der Waals surface area contributed by atoms with Crippen LogP contribution in [0.5, 0.6) is 0 Å². The van der Waals surface area contributed by atoms with Crippen molar-refractivity contribution in [2.45, 2.75) is 26.4 Å². The van der Waals surface area contributed by atoms with E-state index in [-0.39, 0.29) is 11.9 Å². The highest BCUT2D eigenvalue weighted by Crippen LogP contribution is 2.20. The van der Waals surface area contributed by atoms with E-state index in [9.17, 15) is 4.39 Å². The topological polar surface area (TPSA) is 42.7 Å². The predicted octanol–water partition coefficient (Wildman–Crippen LogP) is 3.63. The van der Waals surface area contributed by atoms with E-state index in [2.05, 4.69) is 22.3 Å². The molecule has 0 amide bonds. The third kappa shape index (κ3) is 3.08. The van der Waals surface area contributed by atoms with E-state index < -0.39 is 0 Å². The van der Waals surface area contributed by atoms with Crippen LogP contribution in [0.1, 0.15) is 29.9 Å². The van der Waals surface area contributed by atoms with Crippen LogP contribution in [0.25, 0.3) is 5.69 Å². The van der Waals surface area contributed by atoms with Gasteiger partial charge in [-0.1, -0.05) is 0 Å². The molecule has 1 N–H and O–H groups in total. The summed E-state index contributed by atoms with van der Waals surface area (Å²) in [5.41, 5.74) is 5.90.